The number of para-hydroxylation sites is 1. The summed E-state index contributed by atoms with van der Waals surface area (Å²) in [5.74, 6) is 1.56. The number of benzene rings is 1. The van der Waals surface area contributed by atoms with Gasteiger partial charge in [0.05, 0.1) is 0 Å². The molecule has 0 fully saturated rings. The molecule has 1 heterocycles. The standard InChI is InChI=1S/C17H28N2/c1-14(2)8-9-18-10-11-19-13-15(3)12-16-6-4-5-7-17(16)19/h4-7,14-15,18H,8-13H2,1-3H3. The van der Waals surface area contributed by atoms with Gasteiger partial charge in [-0.15, -0.1) is 0 Å². The van der Waals surface area contributed by atoms with Crippen LogP contribution in [0, 0.1) is 11.8 Å². The van der Waals surface area contributed by atoms with Crippen LogP contribution >= 0.6 is 0 Å². The Hall–Kier alpha value is -1.02. The van der Waals surface area contributed by atoms with Gasteiger partial charge >= 0.3 is 0 Å². The maximum atomic E-state index is 3.57. The zero-order valence-corrected chi connectivity index (χ0v) is 12.7. The monoisotopic (exact) mass is 260 g/mol. The van der Waals surface area contributed by atoms with Gasteiger partial charge in [-0.3, -0.25) is 0 Å². The van der Waals surface area contributed by atoms with E-state index >= 15 is 0 Å². The molecule has 2 heteroatoms. The first-order valence-corrected chi connectivity index (χ1v) is 7.70. The Morgan fingerprint density at radius 3 is 2.84 bits per heavy atom. The van der Waals surface area contributed by atoms with Gasteiger partial charge in [0.2, 0.25) is 0 Å². The van der Waals surface area contributed by atoms with Crippen LogP contribution in [0.25, 0.3) is 0 Å². The van der Waals surface area contributed by atoms with Gasteiger partial charge in [-0.1, -0.05) is 39.0 Å². The number of nitrogens with one attached hydrogen (secondary N) is 1. The summed E-state index contributed by atoms with van der Waals surface area (Å²) in [6, 6.07) is 8.88. The van der Waals surface area contributed by atoms with Gasteiger partial charge in [0.1, 0.15) is 0 Å². The molecule has 0 spiro atoms. The topological polar surface area (TPSA) is 15.3 Å². The molecule has 1 aromatic carbocycles. The Bertz CT molecular complexity index is 387. The van der Waals surface area contributed by atoms with Crippen molar-refractivity contribution in [3.05, 3.63) is 29.8 Å². The molecule has 19 heavy (non-hydrogen) atoms. The molecule has 0 saturated heterocycles. The Morgan fingerprint density at radius 2 is 2.05 bits per heavy atom. The predicted octanol–water partition coefficient (Wildman–Crippen LogP) is 3.32. The molecule has 0 amide bonds. The van der Waals surface area contributed by atoms with Crippen LogP contribution in [0.4, 0.5) is 5.69 Å². The summed E-state index contributed by atoms with van der Waals surface area (Å²) in [7, 11) is 0. The second kappa shape index (κ2) is 6.95. The molecule has 2 nitrogen and oxygen atoms in total. The van der Waals surface area contributed by atoms with Crippen molar-refractivity contribution in [2.75, 3.05) is 31.1 Å². The fraction of sp³-hybridized carbons (Fsp3) is 0.647. The first kappa shape index (κ1) is 14.4. The lowest BCUT2D eigenvalue weighted by Crippen LogP contribution is -2.39. The first-order chi connectivity index (χ1) is 9.16. The zero-order valence-electron chi connectivity index (χ0n) is 12.7. The fourth-order valence-electron chi connectivity index (χ4n) is 2.85. The molecular weight excluding hydrogens is 232 g/mol. The minimum absolute atomic E-state index is 0.769. The van der Waals surface area contributed by atoms with Crippen molar-refractivity contribution in [1.82, 2.24) is 5.32 Å². The quantitative estimate of drug-likeness (QED) is 0.789. The van der Waals surface area contributed by atoms with E-state index in [0.29, 0.717) is 0 Å². The molecule has 1 atom stereocenters. The Labute approximate surface area is 118 Å². The molecule has 0 aromatic heterocycles. The second-order valence-electron chi connectivity index (χ2n) is 6.32. The smallest absolute Gasteiger partial charge is 0.0399 e. The lowest BCUT2D eigenvalue weighted by molar-refractivity contribution is 0.507. The summed E-state index contributed by atoms with van der Waals surface area (Å²) < 4.78 is 0. The van der Waals surface area contributed by atoms with Crippen LogP contribution in [0.1, 0.15) is 32.8 Å². The fourth-order valence-corrected chi connectivity index (χ4v) is 2.85. The highest BCUT2D eigenvalue weighted by atomic mass is 15.2. The first-order valence-electron chi connectivity index (χ1n) is 7.70. The van der Waals surface area contributed by atoms with Crippen LogP contribution in [-0.4, -0.2) is 26.2 Å². The second-order valence-corrected chi connectivity index (χ2v) is 6.32. The summed E-state index contributed by atoms with van der Waals surface area (Å²) in [5.41, 5.74) is 2.97. The van der Waals surface area contributed by atoms with E-state index in [1.54, 1.807) is 0 Å². The predicted molar refractivity (Wildman–Crippen MR) is 83.8 cm³/mol. The van der Waals surface area contributed by atoms with Gasteiger partial charge in [0, 0.05) is 25.3 Å². The van der Waals surface area contributed by atoms with E-state index in [9.17, 15) is 0 Å². The van der Waals surface area contributed by atoms with Crippen molar-refractivity contribution >= 4 is 5.69 Å². The average molecular weight is 260 g/mol. The summed E-state index contributed by atoms with van der Waals surface area (Å²) in [5, 5.41) is 3.57. The van der Waals surface area contributed by atoms with Crippen LogP contribution in [0.15, 0.2) is 24.3 Å². The zero-order chi connectivity index (χ0) is 13.7. The van der Waals surface area contributed by atoms with Gasteiger partial charge in [-0.2, -0.15) is 0 Å². The molecular formula is C17H28N2. The number of hydrogen-bond acceptors (Lipinski definition) is 2. The molecule has 1 unspecified atom stereocenters. The summed E-state index contributed by atoms with van der Waals surface area (Å²) in [6.07, 6.45) is 2.50. The summed E-state index contributed by atoms with van der Waals surface area (Å²) >= 11 is 0. The number of rotatable bonds is 6. The Balaban J connectivity index is 1.83. The normalized spacial score (nSPS) is 18.7. The van der Waals surface area contributed by atoms with E-state index in [1.807, 2.05) is 0 Å². The van der Waals surface area contributed by atoms with Crippen LogP contribution in [-0.2, 0) is 6.42 Å². The van der Waals surface area contributed by atoms with Gasteiger partial charge < -0.3 is 10.2 Å². The number of hydrogen-bond donors (Lipinski definition) is 1. The SMILES string of the molecule is CC(C)CCNCCN1CC(C)Cc2ccccc21. The van der Waals surface area contributed by atoms with E-state index in [-0.39, 0.29) is 0 Å². The molecule has 1 aromatic rings. The lowest BCUT2D eigenvalue weighted by Gasteiger charge is -2.35. The van der Waals surface area contributed by atoms with Gasteiger partial charge in [0.25, 0.3) is 0 Å². The van der Waals surface area contributed by atoms with Crippen LogP contribution in [0.3, 0.4) is 0 Å². The minimum Gasteiger partial charge on any atom is -0.370 e. The van der Waals surface area contributed by atoms with Crippen LogP contribution in [0.5, 0.6) is 0 Å². The maximum absolute atomic E-state index is 3.57. The Kier molecular flexibility index (Phi) is 5.26. The van der Waals surface area contributed by atoms with Crippen molar-refractivity contribution in [3.8, 4) is 0 Å². The van der Waals surface area contributed by atoms with E-state index in [1.165, 1.54) is 30.6 Å². The van der Waals surface area contributed by atoms with Crippen molar-refractivity contribution in [2.45, 2.75) is 33.6 Å². The lowest BCUT2D eigenvalue weighted by atomic mass is 9.94. The van der Waals surface area contributed by atoms with E-state index in [4.69, 9.17) is 0 Å². The molecule has 0 radical (unpaired) electrons. The molecule has 1 aliphatic heterocycles. The highest BCUT2D eigenvalue weighted by molar-refractivity contribution is 5.55. The molecule has 0 saturated carbocycles. The van der Waals surface area contributed by atoms with E-state index in [0.717, 1.165) is 31.5 Å². The summed E-state index contributed by atoms with van der Waals surface area (Å²) in [4.78, 5) is 2.55. The van der Waals surface area contributed by atoms with E-state index < -0.39 is 0 Å². The van der Waals surface area contributed by atoms with Crippen molar-refractivity contribution in [1.29, 1.82) is 0 Å². The van der Waals surface area contributed by atoms with Crippen molar-refractivity contribution in [2.24, 2.45) is 11.8 Å². The maximum Gasteiger partial charge on any atom is 0.0399 e. The molecule has 106 valence electrons. The Morgan fingerprint density at radius 1 is 1.26 bits per heavy atom. The van der Waals surface area contributed by atoms with Crippen LogP contribution < -0.4 is 10.2 Å². The van der Waals surface area contributed by atoms with Crippen molar-refractivity contribution in [3.63, 3.8) is 0 Å². The number of anilines is 1. The van der Waals surface area contributed by atoms with E-state index in [2.05, 4.69) is 55.3 Å². The highest BCUT2D eigenvalue weighted by Crippen LogP contribution is 2.28. The third kappa shape index (κ3) is 4.24. The number of nitrogens with zero attached hydrogens (tertiary/aromatic N) is 1. The molecule has 0 aliphatic carbocycles. The third-order valence-corrected chi connectivity index (χ3v) is 3.89. The highest BCUT2D eigenvalue weighted by Gasteiger charge is 2.20. The largest absolute Gasteiger partial charge is 0.370 e. The molecule has 0 bridgehead atoms. The average Bonchev–Trinajstić information content (AvgIpc) is 2.37. The molecule has 1 N–H and O–H groups in total. The van der Waals surface area contributed by atoms with Crippen molar-refractivity contribution < 1.29 is 0 Å². The summed E-state index contributed by atoms with van der Waals surface area (Å²) in [6.45, 7) is 11.5. The van der Waals surface area contributed by atoms with Gasteiger partial charge in [-0.05, 0) is 42.9 Å². The minimum atomic E-state index is 0.769. The van der Waals surface area contributed by atoms with Crippen LogP contribution in [0.2, 0.25) is 0 Å². The van der Waals surface area contributed by atoms with Gasteiger partial charge in [0.15, 0.2) is 0 Å². The third-order valence-electron chi connectivity index (χ3n) is 3.89. The molecule has 2 rings (SSSR count). The number of fused-ring (bicyclic) bond motifs is 1. The van der Waals surface area contributed by atoms with Gasteiger partial charge in [-0.25, -0.2) is 0 Å². The molecule has 1 aliphatic rings.